The topological polar surface area (TPSA) is 28.2 Å². The Kier molecular flexibility index (Phi) is 5.15. The highest BCUT2D eigenvalue weighted by Crippen LogP contribution is 2.20. The molecule has 1 heterocycles. The summed E-state index contributed by atoms with van der Waals surface area (Å²) in [5, 5.41) is 6.95. The molecule has 0 spiro atoms. The Balaban J connectivity index is 1.71. The smallest absolute Gasteiger partial charge is 0.107 e. The van der Waals surface area contributed by atoms with Crippen LogP contribution in [0.25, 0.3) is 0 Å². The first kappa shape index (κ1) is 14.0. The van der Waals surface area contributed by atoms with E-state index in [1.807, 2.05) is 0 Å². The van der Waals surface area contributed by atoms with Crippen molar-refractivity contribution in [2.45, 2.75) is 52.2 Å². The Morgan fingerprint density at radius 2 is 2.28 bits per heavy atom. The molecule has 2 rings (SSSR count). The predicted octanol–water partition coefficient (Wildman–Crippen LogP) is 2.87. The van der Waals surface area contributed by atoms with Gasteiger partial charge in [0.2, 0.25) is 0 Å². The second-order valence-corrected chi connectivity index (χ2v) is 6.75. The van der Waals surface area contributed by atoms with Crippen LogP contribution >= 0.6 is 11.3 Å². The molecular weight excluding hydrogens is 242 g/mol. The van der Waals surface area contributed by atoms with Crippen LogP contribution in [0, 0.1) is 5.92 Å². The Bertz CT molecular complexity index is 358. The van der Waals surface area contributed by atoms with E-state index in [0.717, 1.165) is 31.6 Å². The summed E-state index contributed by atoms with van der Waals surface area (Å²) < 4.78 is 0. The Labute approximate surface area is 115 Å². The van der Waals surface area contributed by atoms with E-state index in [-0.39, 0.29) is 0 Å². The van der Waals surface area contributed by atoms with Crippen molar-refractivity contribution in [3.05, 3.63) is 16.1 Å². The largest absolute Gasteiger partial charge is 0.308 e. The lowest BCUT2D eigenvalue weighted by Crippen LogP contribution is -2.20. The zero-order valence-electron chi connectivity index (χ0n) is 11.8. The van der Waals surface area contributed by atoms with Crippen molar-refractivity contribution in [2.75, 3.05) is 13.6 Å². The fraction of sp³-hybridized carbons (Fsp3) is 0.786. The molecule has 0 aliphatic heterocycles. The van der Waals surface area contributed by atoms with Crippen LogP contribution in [0.5, 0.6) is 0 Å². The van der Waals surface area contributed by atoms with Crippen LogP contribution in [0.2, 0.25) is 0 Å². The minimum Gasteiger partial charge on any atom is -0.308 e. The van der Waals surface area contributed by atoms with E-state index in [2.05, 4.69) is 36.5 Å². The van der Waals surface area contributed by atoms with Crippen LogP contribution in [-0.4, -0.2) is 29.5 Å². The summed E-state index contributed by atoms with van der Waals surface area (Å²) in [6.45, 7) is 7.64. The number of hydrogen-bond donors (Lipinski definition) is 1. The molecule has 1 N–H and O–H groups in total. The molecule has 1 saturated carbocycles. The van der Waals surface area contributed by atoms with Crippen molar-refractivity contribution in [1.82, 2.24) is 15.2 Å². The molecule has 0 bridgehead atoms. The standard InChI is InChI=1S/C14H25N3S/c1-11(2)6-7-17(3)9-13-10-18-14(16-13)8-15-12-4-5-12/h10-12,15H,4-9H2,1-3H3. The van der Waals surface area contributed by atoms with Gasteiger partial charge >= 0.3 is 0 Å². The lowest BCUT2D eigenvalue weighted by Gasteiger charge is -2.16. The van der Waals surface area contributed by atoms with Gasteiger partial charge in [0.25, 0.3) is 0 Å². The molecule has 0 amide bonds. The van der Waals surface area contributed by atoms with Gasteiger partial charge in [-0.2, -0.15) is 0 Å². The fourth-order valence-electron chi connectivity index (χ4n) is 1.86. The molecule has 0 atom stereocenters. The third-order valence-corrected chi connectivity index (χ3v) is 4.14. The van der Waals surface area contributed by atoms with E-state index in [1.54, 1.807) is 11.3 Å². The van der Waals surface area contributed by atoms with Gasteiger partial charge in [0.15, 0.2) is 0 Å². The maximum absolute atomic E-state index is 4.69. The average molecular weight is 267 g/mol. The van der Waals surface area contributed by atoms with Crippen molar-refractivity contribution >= 4 is 11.3 Å². The highest BCUT2D eigenvalue weighted by molar-refractivity contribution is 7.09. The normalized spacial score (nSPS) is 15.8. The number of rotatable bonds is 8. The van der Waals surface area contributed by atoms with Crippen LogP contribution in [0.15, 0.2) is 5.38 Å². The van der Waals surface area contributed by atoms with Crippen molar-refractivity contribution in [1.29, 1.82) is 0 Å². The lowest BCUT2D eigenvalue weighted by molar-refractivity contribution is 0.300. The minimum atomic E-state index is 0.770. The van der Waals surface area contributed by atoms with Gasteiger partial charge in [-0.05, 0) is 38.8 Å². The highest BCUT2D eigenvalue weighted by Gasteiger charge is 2.20. The van der Waals surface area contributed by atoms with Gasteiger partial charge in [-0.3, -0.25) is 0 Å². The first-order valence-electron chi connectivity index (χ1n) is 6.98. The molecule has 0 unspecified atom stereocenters. The highest BCUT2D eigenvalue weighted by atomic mass is 32.1. The predicted molar refractivity (Wildman–Crippen MR) is 77.8 cm³/mol. The lowest BCUT2D eigenvalue weighted by atomic mass is 10.1. The van der Waals surface area contributed by atoms with Gasteiger partial charge in [0, 0.05) is 24.5 Å². The molecule has 1 aromatic heterocycles. The molecule has 0 radical (unpaired) electrons. The molecular formula is C14H25N3S. The summed E-state index contributed by atoms with van der Waals surface area (Å²) in [6.07, 6.45) is 3.95. The molecule has 1 fully saturated rings. The van der Waals surface area contributed by atoms with Gasteiger partial charge < -0.3 is 10.2 Å². The average Bonchev–Trinajstić information content (AvgIpc) is 3.05. The Morgan fingerprint density at radius 1 is 1.50 bits per heavy atom. The fourth-order valence-corrected chi connectivity index (χ4v) is 2.59. The maximum atomic E-state index is 4.69. The summed E-state index contributed by atoms with van der Waals surface area (Å²) >= 11 is 1.79. The van der Waals surface area contributed by atoms with Crippen LogP contribution in [0.1, 0.15) is 43.8 Å². The monoisotopic (exact) mass is 267 g/mol. The molecule has 3 nitrogen and oxygen atoms in total. The Morgan fingerprint density at radius 3 is 2.94 bits per heavy atom. The Hall–Kier alpha value is -0.450. The van der Waals surface area contributed by atoms with E-state index in [9.17, 15) is 0 Å². The van der Waals surface area contributed by atoms with Crippen LogP contribution < -0.4 is 5.32 Å². The number of nitrogens with zero attached hydrogens (tertiary/aromatic N) is 2. The molecule has 18 heavy (non-hydrogen) atoms. The van der Waals surface area contributed by atoms with Gasteiger partial charge in [0.05, 0.1) is 5.69 Å². The van der Waals surface area contributed by atoms with Crippen molar-refractivity contribution in [2.24, 2.45) is 5.92 Å². The van der Waals surface area contributed by atoms with Gasteiger partial charge in [-0.15, -0.1) is 11.3 Å². The number of aromatic nitrogens is 1. The van der Waals surface area contributed by atoms with Crippen molar-refractivity contribution in [3.8, 4) is 0 Å². The van der Waals surface area contributed by atoms with E-state index in [0.29, 0.717) is 0 Å². The quantitative estimate of drug-likeness (QED) is 0.785. The SMILES string of the molecule is CC(C)CCN(C)Cc1csc(CNC2CC2)n1. The first-order valence-corrected chi connectivity index (χ1v) is 7.86. The second-order valence-electron chi connectivity index (χ2n) is 5.81. The number of thiazole rings is 1. The van der Waals surface area contributed by atoms with Crippen LogP contribution in [0.3, 0.4) is 0 Å². The van der Waals surface area contributed by atoms with Gasteiger partial charge in [0.1, 0.15) is 5.01 Å². The molecule has 1 aromatic rings. The summed E-state index contributed by atoms with van der Waals surface area (Å²) in [4.78, 5) is 7.06. The molecule has 102 valence electrons. The van der Waals surface area contributed by atoms with E-state index in [4.69, 9.17) is 4.98 Å². The zero-order valence-corrected chi connectivity index (χ0v) is 12.6. The van der Waals surface area contributed by atoms with Gasteiger partial charge in [-0.1, -0.05) is 13.8 Å². The zero-order chi connectivity index (χ0) is 13.0. The van der Waals surface area contributed by atoms with E-state index in [1.165, 1.54) is 30.0 Å². The van der Waals surface area contributed by atoms with E-state index < -0.39 is 0 Å². The number of nitrogens with one attached hydrogen (secondary N) is 1. The summed E-state index contributed by atoms with van der Waals surface area (Å²) in [5.41, 5.74) is 1.22. The summed E-state index contributed by atoms with van der Waals surface area (Å²) in [6, 6.07) is 0.770. The van der Waals surface area contributed by atoms with Gasteiger partial charge in [-0.25, -0.2) is 4.98 Å². The maximum Gasteiger partial charge on any atom is 0.107 e. The molecule has 0 aromatic carbocycles. The summed E-state index contributed by atoms with van der Waals surface area (Å²) in [5.74, 6) is 0.779. The molecule has 4 heteroatoms. The van der Waals surface area contributed by atoms with Crippen molar-refractivity contribution < 1.29 is 0 Å². The third kappa shape index (κ3) is 5.04. The van der Waals surface area contributed by atoms with Crippen molar-refractivity contribution in [3.63, 3.8) is 0 Å². The third-order valence-electron chi connectivity index (χ3n) is 3.24. The van der Waals surface area contributed by atoms with E-state index >= 15 is 0 Å². The van der Waals surface area contributed by atoms with Crippen LogP contribution in [0.4, 0.5) is 0 Å². The second kappa shape index (κ2) is 6.64. The van der Waals surface area contributed by atoms with Crippen LogP contribution in [-0.2, 0) is 13.1 Å². The number of hydrogen-bond acceptors (Lipinski definition) is 4. The minimum absolute atomic E-state index is 0.770. The molecule has 0 saturated heterocycles. The molecule has 1 aliphatic carbocycles. The summed E-state index contributed by atoms with van der Waals surface area (Å²) in [7, 11) is 2.18. The molecule has 1 aliphatic rings. The first-order chi connectivity index (χ1) is 8.63.